The standard InChI is InChI=1S/C12H16ClNO3/c1-8-4-3-5-9(10(8)13)11(17)14-12(2,6-15)7-16/h3-5,15-16H,6-7H2,1-2H3,(H,14,17). The number of hydrogen-bond donors (Lipinski definition) is 3. The van der Waals surface area contributed by atoms with E-state index in [1.807, 2.05) is 0 Å². The molecule has 1 amide bonds. The summed E-state index contributed by atoms with van der Waals surface area (Å²) in [5.41, 5.74) is 0.0817. The van der Waals surface area contributed by atoms with Crippen LogP contribution in [0.15, 0.2) is 18.2 Å². The molecule has 1 aromatic carbocycles. The number of amides is 1. The average molecular weight is 258 g/mol. The highest BCUT2D eigenvalue weighted by Crippen LogP contribution is 2.20. The molecular weight excluding hydrogens is 242 g/mol. The second-order valence-corrected chi connectivity index (χ2v) is 4.65. The lowest BCUT2D eigenvalue weighted by atomic mass is 10.0. The fourth-order valence-corrected chi connectivity index (χ4v) is 1.51. The van der Waals surface area contributed by atoms with E-state index in [1.54, 1.807) is 32.0 Å². The van der Waals surface area contributed by atoms with Gasteiger partial charge in [-0.15, -0.1) is 0 Å². The quantitative estimate of drug-likeness (QED) is 0.757. The summed E-state index contributed by atoms with van der Waals surface area (Å²) in [6, 6.07) is 5.13. The van der Waals surface area contributed by atoms with Crippen molar-refractivity contribution < 1.29 is 15.0 Å². The first kappa shape index (κ1) is 14.0. The maximum atomic E-state index is 11.9. The predicted molar refractivity (Wildman–Crippen MR) is 66.2 cm³/mol. The van der Waals surface area contributed by atoms with Crippen LogP contribution in [-0.4, -0.2) is 34.9 Å². The lowest BCUT2D eigenvalue weighted by Crippen LogP contribution is -2.51. The van der Waals surface area contributed by atoms with Crippen molar-refractivity contribution in [1.82, 2.24) is 5.32 Å². The number of aliphatic hydroxyl groups is 2. The van der Waals surface area contributed by atoms with Crippen LogP contribution in [-0.2, 0) is 0 Å². The summed E-state index contributed by atoms with van der Waals surface area (Å²) in [6.07, 6.45) is 0. The molecule has 5 heteroatoms. The first-order valence-electron chi connectivity index (χ1n) is 5.23. The summed E-state index contributed by atoms with van der Waals surface area (Å²) in [5, 5.41) is 21.1. The monoisotopic (exact) mass is 257 g/mol. The van der Waals surface area contributed by atoms with E-state index in [9.17, 15) is 4.79 Å². The Morgan fingerprint density at radius 2 is 2.00 bits per heavy atom. The maximum Gasteiger partial charge on any atom is 0.253 e. The molecule has 0 radical (unpaired) electrons. The molecule has 0 unspecified atom stereocenters. The van der Waals surface area contributed by atoms with Crippen molar-refractivity contribution in [2.24, 2.45) is 0 Å². The van der Waals surface area contributed by atoms with E-state index >= 15 is 0 Å². The molecule has 94 valence electrons. The third-order valence-corrected chi connectivity index (χ3v) is 3.05. The van der Waals surface area contributed by atoms with E-state index in [-0.39, 0.29) is 13.2 Å². The average Bonchev–Trinajstić information content (AvgIpc) is 2.32. The minimum Gasteiger partial charge on any atom is -0.394 e. The third-order valence-electron chi connectivity index (χ3n) is 2.55. The Kier molecular flexibility index (Phi) is 4.51. The zero-order valence-corrected chi connectivity index (χ0v) is 10.6. The molecule has 4 nitrogen and oxygen atoms in total. The molecular formula is C12H16ClNO3. The van der Waals surface area contributed by atoms with Crippen LogP contribution in [0.2, 0.25) is 5.02 Å². The Morgan fingerprint density at radius 3 is 2.53 bits per heavy atom. The van der Waals surface area contributed by atoms with E-state index in [2.05, 4.69) is 5.32 Å². The van der Waals surface area contributed by atoms with Gasteiger partial charge in [-0.3, -0.25) is 4.79 Å². The van der Waals surface area contributed by atoms with Crippen LogP contribution in [0.3, 0.4) is 0 Å². The largest absolute Gasteiger partial charge is 0.394 e. The fraction of sp³-hybridized carbons (Fsp3) is 0.417. The Balaban J connectivity index is 2.94. The molecule has 0 heterocycles. The predicted octanol–water partition coefficient (Wildman–Crippen LogP) is 1.12. The normalized spacial score (nSPS) is 11.4. The number of rotatable bonds is 4. The Labute approximate surface area is 105 Å². The highest BCUT2D eigenvalue weighted by Gasteiger charge is 2.26. The summed E-state index contributed by atoms with van der Waals surface area (Å²) in [4.78, 5) is 11.9. The van der Waals surface area contributed by atoms with E-state index in [0.29, 0.717) is 10.6 Å². The molecule has 0 aliphatic rings. The molecule has 1 aromatic rings. The number of benzene rings is 1. The first-order chi connectivity index (χ1) is 7.93. The van der Waals surface area contributed by atoms with Crippen LogP contribution in [0.1, 0.15) is 22.8 Å². The zero-order chi connectivity index (χ0) is 13.1. The fourth-order valence-electron chi connectivity index (χ4n) is 1.29. The van der Waals surface area contributed by atoms with Gasteiger partial charge < -0.3 is 15.5 Å². The SMILES string of the molecule is Cc1cccc(C(=O)NC(C)(CO)CO)c1Cl. The number of aliphatic hydroxyl groups excluding tert-OH is 2. The summed E-state index contributed by atoms with van der Waals surface area (Å²) in [5.74, 6) is -0.413. The van der Waals surface area contributed by atoms with Gasteiger partial charge >= 0.3 is 0 Å². The molecule has 1 rings (SSSR count). The van der Waals surface area contributed by atoms with Crippen LogP contribution in [0, 0.1) is 6.92 Å². The molecule has 0 saturated carbocycles. The van der Waals surface area contributed by atoms with Crippen molar-refractivity contribution in [3.05, 3.63) is 34.3 Å². The number of hydrogen-bond acceptors (Lipinski definition) is 3. The Bertz CT molecular complexity index is 416. The van der Waals surface area contributed by atoms with Gasteiger partial charge in [0.2, 0.25) is 0 Å². The van der Waals surface area contributed by atoms with Crippen LogP contribution >= 0.6 is 11.6 Å². The van der Waals surface area contributed by atoms with Gasteiger partial charge in [0, 0.05) is 0 Å². The third kappa shape index (κ3) is 3.19. The minimum absolute atomic E-state index is 0.333. The summed E-state index contributed by atoms with van der Waals surface area (Å²) < 4.78 is 0. The van der Waals surface area contributed by atoms with Crippen molar-refractivity contribution in [2.75, 3.05) is 13.2 Å². The van der Waals surface area contributed by atoms with Crippen molar-refractivity contribution in [3.8, 4) is 0 Å². The summed E-state index contributed by atoms with van der Waals surface area (Å²) in [6.45, 7) is 2.66. The van der Waals surface area contributed by atoms with Crippen LogP contribution in [0.25, 0.3) is 0 Å². The van der Waals surface area contributed by atoms with Gasteiger partial charge in [0.15, 0.2) is 0 Å². The molecule has 0 atom stereocenters. The molecule has 0 aliphatic carbocycles. The number of carbonyl (C=O) groups is 1. The molecule has 3 N–H and O–H groups in total. The van der Waals surface area contributed by atoms with E-state index in [1.165, 1.54) is 0 Å². The van der Waals surface area contributed by atoms with Gasteiger partial charge in [0.05, 0.1) is 29.3 Å². The van der Waals surface area contributed by atoms with Gasteiger partial charge in [-0.05, 0) is 25.5 Å². The lowest BCUT2D eigenvalue weighted by Gasteiger charge is -2.26. The highest BCUT2D eigenvalue weighted by molar-refractivity contribution is 6.34. The Hall–Kier alpha value is -1.10. The summed E-state index contributed by atoms with van der Waals surface area (Å²) >= 11 is 6.02. The van der Waals surface area contributed by atoms with Gasteiger partial charge in [-0.25, -0.2) is 0 Å². The zero-order valence-electron chi connectivity index (χ0n) is 9.83. The molecule has 0 fully saturated rings. The van der Waals surface area contributed by atoms with E-state index in [0.717, 1.165) is 5.56 Å². The number of halogens is 1. The number of carbonyl (C=O) groups excluding carboxylic acids is 1. The number of nitrogens with one attached hydrogen (secondary N) is 1. The first-order valence-corrected chi connectivity index (χ1v) is 5.60. The van der Waals surface area contributed by atoms with E-state index in [4.69, 9.17) is 21.8 Å². The Morgan fingerprint density at radius 1 is 1.41 bits per heavy atom. The van der Waals surface area contributed by atoms with Gasteiger partial charge in [0.1, 0.15) is 0 Å². The van der Waals surface area contributed by atoms with Crippen molar-refractivity contribution >= 4 is 17.5 Å². The number of aryl methyl sites for hydroxylation is 1. The van der Waals surface area contributed by atoms with Gasteiger partial charge in [-0.2, -0.15) is 0 Å². The van der Waals surface area contributed by atoms with Crippen molar-refractivity contribution in [3.63, 3.8) is 0 Å². The second-order valence-electron chi connectivity index (χ2n) is 4.27. The molecule has 0 saturated heterocycles. The summed E-state index contributed by atoms with van der Waals surface area (Å²) in [7, 11) is 0. The van der Waals surface area contributed by atoms with Gasteiger partial charge in [-0.1, -0.05) is 23.7 Å². The topological polar surface area (TPSA) is 69.6 Å². The highest BCUT2D eigenvalue weighted by atomic mass is 35.5. The molecule has 0 aromatic heterocycles. The maximum absolute atomic E-state index is 11.9. The molecule has 0 spiro atoms. The van der Waals surface area contributed by atoms with Crippen molar-refractivity contribution in [2.45, 2.75) is 19.4 Å². The molecule has 0 aliphatic heterocycles. The van der Waals surface area contributed by atoms with Crippen LogP contribution in [0.5, 0.6) is 0 Å². The van der Waals surface area contributed by atoms with Crippen LogP contribution < -0.4 is 5.32 Å². The van der Waals surface area contributed by atoms with Crippen molar-refractivity contribution in [1.29, 1.82) is 0 Å². The molecule has 0 bridgehead atoms. The minimum atomic E-state index is -1.05. The molecule has 17 heavy (non-hydrogen) atoms. The lowest BCUT2D eigenvalue weighted by molar-refractivity contribution is 0.0724. The smallest absolute Gasteiger partial charge is 0.253 e. The second kappa shape index (κ2) is 5.49. The van der Waals surface area contributed by atoms with Crippen LogP contribution in [0.4, 0.5) is 0 Å². The van der Waals surface area contributed by atoms with Gasteiger partial charge in [0.25, 0.3) is 5.91 Å². The van der Waals surface area contributed by atoms with E-state index < -0.39 is 11.4 Å².